The molecule has 7 heteroatoms. The third kappa shape index (κ3) is 3.99. The molecular formula is C14H19F2N5. The van der Waals surface area contributed by atoms with Gasteiger partial charge >= 0.3 is 0 Å². The molecule has 1 aromatic carbocycles. The Morgan fingerprint density at radius 1 is 1.38 bits per heavy atom. The van der Waals surface area contributed by atoms with Gasteiger partial charge in [-0.3, -0.25) is 0 Å². The summed E-state index contributed by atoms with van der Waals surface area (Å²) < 4.78 is 26.9. The fourth-order valence-corrected chi connectivity index (χ4v) is 1.90. The van der Waals surface area contributed by atoms with Gasteiger partial charge < -0.3 is 20.9 Å². The molecule has 5 nitrogen and oxygen atoms in total. The Bertz CT molecular complexity index is 556. The maximum atomic E-state index is 13.7. The number of guanidine groups is 1. The molecule has 0 bridgehead atoms. The first-order chi connectivity index (χ1) is 9.97. The normalized spacial score (nSPS) is 18.1. The SMILES string of the molecule is CN(C)CCN1C(Nc2cc(F)ccc2F)=NC=CC1N. The van der Waals surface area contributed by atoms with Gasteiger partial charge in [0, 0.05) is 25.4 Å². The van der Waals surface area contributed by atoms with Crippen LogP contribution in [-0.2, 0) is 0 Å². The van der Waals surface area contributed by atoms with Crippen molar-refractivity contribution in [2.24, 2.45) is 10.7 Å². The van der Waals surface area contributed by atoms with Crippen molar-refractivity contribution in [3.8, 4) is 0 Å². The maximum Gasteiger partial charge on any atom is 0.204 e. The topological polar surface area (TPSA) is 56.9 Å². The number of aliphatic imine (C=N–C) groups is 1. The summed E-state index contributed by atoms with van der Waals surface area (Å²) in [6.45, 7) is 1.37. The summed E-state index contributed by atoms with van der Waals surface area (Å²) in [6, 6.07) is 3.23. The quantitative estimate of drug-likeness (QED) is 0.882. The summed E-state index contributed by atoms with van der Waals surface area (Å²) in [7, 11) is 3.89. The number of anilines is 1. The van der Waals surface area contributed by atoms with Crippen molar-refractivity contribution in [1.29, 1.82) is 0 Å². The molecule has 1 aromatic rings. The molecule has 0 fully saturated rings. The number of halogens is 2. The van der Waals surface area contributed by atoms with Gasteiger partial charge in [-0.05, 0) is 32.3 Å². The molecule has 0 amide bonds. The summed E-state index contributed by atoms with van der Waals surface area (Å²) in [5.74, 6) is -0.666. The molecule has 3 N–H and O–H groups in total. The minimum absolute atomic E-state index is 0.0334. The van der Waals surface area contributed by atoms with E-state index in [9.17, 15) is 8.78 Å². The maximum absolute atomic E-state index is 13.7. The van der Waals surface area contributed by atoms with E-state index >= 15 is 0 Å². The first-order valence-electron chi connectivity index (χ1n) is 6.61. The van der Waals surface area contributed by atoms with Crippen molar-refractivity contribution in [2.45, 2.75) is 6.17 Å². The van der Waals surface area contributed by atoms with Crippen LogP contribution < -0.4 is 11.1 Å². The number of nitrogens with two attached hydrogens (primary N) is 1. The highest BCUT2D eigenvalue weighted by molar-refractivity contribution is 5.95. The van der Waals surface area contributed by atoms with E-state index in [0.29, 0.717) is 12.5 Å². The van der Waals surface area contributed by atoms with Crippen molar-refractivity contribution in [1.82, 2.24) is 9.80 Å². The van der Waals surface area contributed by atoms with Crippen LogP contribution in [0.3, 0.4) is 0 Å². The predicted octanol–water partition coefficient (Wildman–Crippen LogP) is 1.41. The number of benzene rings is 1. The van der Waals surface area contributed by atoms with Crippen LogP contribution in [0, 0.1) is 11.6 Å². The summed E-state index contributed by atoms with van der Waals surface area (Å²) in [6.07, 6.45) is 2.93. The Morgan fingerprint density at radius 3 is 2.86 bits per heavy atom. The number of nitrogens with zero attached hydrogens (tertiary/aromatic N) is 3. The molecule has 2 rings (SSSR count). The van der Waals surface area contributed by atoms with E-state index in [1.54, 1.807) is 17.2 Å². The summed E-state index contributed by atoms with van der Waals surface area (Å²) in [5, 5.41) is 2.81. The van der Waals surface area contributed by atoms with E-state index in [1.165, 1.54) is 0 Å². The van der Waals surface area contributed by atoms with Gasteiger partial charge in [0.2, 0.25) is 5.96 Å². The number of hydrogen-bond donors (Lipinski definition) is 2. The molecule has 0 saturated carbocycles. The number of likely N-dealkylation sites (N-methyl/N-ethyl adjacent to an activating group) is 1. The number of nitrogens with one attached hydrogen (secondary N) is 1. The largest absolute Gasteiger partial charge is 0.323 e. The fraction of sp³-hybridized carbons (Fsp3) is 0.357. The summed E-state index contributed by atoms with van der Waals surface area (Å²) in [4.78, 5) is 7.97. The average molecular weight is 295 g/mol. The lowest BCUT2D eigenvalue weighted by Crippen LogP contribution is -2.51. The molecule has 114 valence electrons. The van der Waals surface area contributed by atoms with Crippen LogP contribution in [0.15, 0.2) is 35.5 Å². The van der Waals surface area contributed by atoms with Gasteiger partial charge in [-0.1, -0.05) is 0 Å². The summed E-state index contributed by atoms with van der Waals surface area (Å²) >= 11 is 0. The fourth-order valence-electron chi connectivity index (χ4n) is 1.90. The molecule has 0 aromatic heterocycles. The predicted molar refractivity (Wildman–Crippen MR) is 79.8 cm³/mol. The molecule has 0 spiro atoms. The number of rotatable bonds is 4. The smallest absolute Gasteiger partial charge is 0.204 e. The highest BCUT2D eigenvalue weighted by atomic mass is 19.1. The van der Waals surface area contributed by atoms with Crippen molar-refractivity contribution in [3.05, 3.63) is 42.1 Å². The first kappa shape index (κ1) is 15.4. The molecule has 0 aliphatic carbocycles. The zero-order valence-corrected chi connectivity index (χ0v) is 12.1. The monoisotopic (exact) mass is 295 g/mol. The van der Waals surface area contributed by atoms with Crippen LogP contribution in [0.5, 0.6) is 0 Å². The van der Waals surface area contributed by atoms with Crippen molar-refractivity contribution < 1.29 is 8.78 Å². The lowest BCUT2D eigenvalue weighted by Gasteiger charge is -2.33. The molecule has 21 heavy (non-hydrogen) atoms. The van der Waals surface area contributed by atoms with Gasteiger partial charge in [0.15, 0.2) is 0 Å². The minimum atomic E-state index is -0.546. The van der Waals surface area contributed by atoms with E-state index < -0.39 is 11.6 Å². The average Bonchev–Trinajstić information content (AvgIpc) is 2.42. The molecule has 1 unspecified atom stereocenters. The number of hydrogen-bond acceptors (Lipinski definition) is 5. The van der Waals surface area contributed by atoms with Gasteiger partial charge in [0.05, 0.1) is 5.69 Å². The second-order valence-corrected chi connectivity index (χ2v) is 5.03. The Balaban J connectivity index is 2.17. The molecule has 0 radical (unpaired) electrons. The molecular weight excluding hydrogens is 276 g/mol. The van der Waals surface area contributed by atoms with Crippen LogP contribution >= 0.6 is 0 Å². The van der Waals surface area contributed by atoms with Gasteiger partial charge in [-0.25, -0.2) is 13.8 Å². The third-order valence-corrected chi connectivity index (χ3v) is 3.08. The Kier molecular flexibility index (Phi) is 4.87. The molecule has 1 atom stereocenters. The van der Waals surface area contributed by atoms with Gasteiger partial charge in [-0.15, -0.1) is 0 Å². The summed E-state index contributed by atoms with van der Waals surface area (Å²) in [5.41, 5.74) is 6.04. The van der Waals surface area contributed by atoms with Crippen LogP contribution in [0.2, 0.25) is 0 Å². The van der Waals surface area contributed by atoms with Crippen LogP contribution in [0.25, 0.3) is 0 Å². The molecule has 0 saturated heterocycles. The van der Waals surface area contributed by atoms with Gasteiger partial charge in [0.1, 0.15) is 17.8 Å². The zero-order chi connectivity index (χ0) is 15.4. The van der Waals surface area contributed by atoms with E-state index in [0.717, 1.165) is 24.7 Å². The molecule has 1 aliphatic heterocycles. The van der Waals surface area contributed by atoms with E-state index in [4.69, 9.17) is 5.73 Å². The van der Waals surface area contributed by atoms with E-state index in [1.807, 2.05) is 19.0 Å². The van der Waals surface area contributed by atoms with Crippen molar-refractivity contribution >= 4 is 11.6 Å². The Labute approximate surface area is 122 Å². The molecule has 1 aliphatic rings. The minimum Gasteiger partial charge on any atom is -0.323 e. The van der Waals surface area contributed by atoms with Gasteiger partial charge in [-0.2, -0.15) is 0 Å². The highest BCUT2D eigenvalue weighted by Gasteiger charge is 2.20. The van der Waals surface area contributed by atoms with E-state index in [2.05, 4.69) is 10.3 Å². The van der Waals surface area contributed by atoms with Crippen LogP contribution in [0.4, 0.5) is 14.5 Å². The van der Waals surface area contributed by atoms with Crippen LogP contribution in [0.1, 0.15) is 0 Å². The Hall–Kier alpha value is -1.99. The zero-order valence-electron chi connectivity index (χ0n) is 12.1. The van der Waals surface area contributed by atoms with Crippen molar-refractivity contribution in [2.75, 3.05) is 32.5 Å². The first-order valence-corrected chi connectivity index (χ1v) is 6.61. The lowest BCUT2D eigenvalue weighted by molar-refractivity contribution is 0.299. The second-order valence-electron chi connectivity index (χ2n) is 5.03. The third-order valence-electron chi connectivity index (χ3n) is 3.08. The standard InChI is InChI=1S/C14H19F2N5/c1-20(2)7-8-21-13(17)5-6-18-14(21)19-12-9-10(15)3-4-11(12)16/h3-6,9,13H,7-8,17H2,1-2H3,(H,18,19). The van der Waals surface area contributed by atoms with E-state index in [-0.39, 0.29) is 11.9 Å². The van der Waals surface area contributed by atoms with Crippen LogP contribution in [-0.4, -0.2) is 49.1 Å². The Morgan fingerprint density at radius 2 is 2.14 bits per heavy atom. The van der Waals surface area contributed by atoms with Crippen molar-refractivity contribution in [3.63, 3.8) is 0 Å². The lowest BCUT2D eigenvalue weighted by atomic mass is 10.3. The molecule has 1 heterocycles. The highest BCUT2D eigenvalue weighted by Crippen LogP contribution is 2.17. The van der Waals surface area contributed by atoms with Gasteiger partial charge in [0.25, 0.3) is 0 Å². The second kappa shape index (κ2) is 6.64.